The van der Waals surface area contributed by atoms with Gasteiger partial charge in [0.2, 0.25) is 0 Å². The number of halogens is 1. The molecule has 0 bridgehead atoms. The van der Waals surface area contributed by atoms with Crippen molar-refractivity contribution in [2.75, 3.05) is 6.54 Å². The van der Waals surface area contributed by atoms with Crippen LogP contribution >= 0.6 is 27.3 Å². The Labute approximate surface area is 118 Å². The lowest BCUT2D eigenvalue weighted by atomic mass is 10.1. The Morgan fingerprint density at radius 1 is 1.06 bits per heavy atom. The van der Waals surface area contributed by atoms with E-state index in [1.54, 1.807) is 0 Å². The van der Waals surface area contributed by atoms with Gasteiger partial charge in [0.05, 0.1) is 3.79 Å². The summed E-state index contributed by atoms with van der Waals surface area (Å²) in [6, 6.07) is 4.31. The van der Waals surface area contributed by atoms with Crippen LogP contribution in [0.3, 0.4) is 0 Å². The molecule has 0 aliphatic carbocycles. The maximum atomic E-state index is 3.51. The molecule has 1 aromatic heterocycles. The lowest BCUT2D eigenvalue weighted by molar-refractivity contribution is 0.564. The molecule has 0 atom stereocenters. The van der Waals surface area contributed by atoms with Gasteiger partial charge in [-0.25, -0.2) is 0 Å². The predicted molar refractivity (Wildman–Crippen MR) is 81.7 cm³/mol. The SMILES string of the molecule is CCCCCCCCCNCc1ccc(Br)s1. The largest absolute Gasteiger partial charge is 0.312 e. The van der Waals surface area contributed by atoms with Crippen LogP contribution in [0.1, 0.15) is 56.7 Å². The average molecular weight is 318 g/mol. The van der Waals surface area contributed by atoms with Crippen molar-refractivity contribution >= 4 is 27.3 Å². The van der Waals surface area contributed by atoms with Crippen molar-refractivity contribution in [2.24, 2.45) is 0 Å². The van der Waals surface area contributed by atoms with Crippen LogP contribution in [0.4, 0.5) is 0 Å². The first-order chi connectivity index (χ1) is 8.33. The summed E-state index contributed by atoms with van der Waals surface area (Å²) in [6.45, 7) is 4.45. The summed E-state index contributed by atoms with van der Waals surface area (Å²) in [5.41, 5.74) is 0. The lowest BCUT2D eigenvalue weighted by Gasteiger charge is -2.03. The van der Waals surface area contributed by atoms with E-state index in [0.29, 0.717) is 0 Å². The van der Waals surface area contributed by atoms with E-state index in [9.17, 15) is 0 Å². The van der Waals surface area contributed by atoms with Gasteiger partial charge in [0.25, 0.3) is 0 Å². The van der Waals surface area contributed by atoms with E-state index in [1.807, 2.05) is 11.3 Å². The normalized spacial score (nSPS) is 10.9. The van der Waals surface area contributed by atoms with Crippen LogP contribution in [-0.2, 0) is 6.54 Å². The van der Waals surface area contributed by atoms with E-state index in [2.05, 4.69) is 40.3 Å². The molecule has 0 saturated heterocycles. The molecule has 0 saturated carbocycles. The summed E-state index contributed by atoms with van der Waals surface area (Å²) in [4.78, 5) is 1.42. The fourth-order valence-corrected chi connectivity index (χ4v) is 3.32. The number of thiophene rings is 1. The Kier molecular flexibility index (Phi) is 9.03. The molecule has 1 aromatic rings. The minimum Gasteiger partial charge on any atom is -0.312 e. The maximum absolute atomic E-state index is 3.51. The highest BCUT2D eigenvalue weighted by atomic mass is 79.9. The van der Waals surface area contributed by atoms with Gasteiger partial charge >= 0.3 is 0 Å². The van der Waals surface area contributed by atoms with Crippen LogP contribution in [-0.4, -0.2) is 6.54 Å². The summed E-state index contributed by atoms with van der Waals surface area (Å²) < 4.78 is 1.23. The molecule has 0 amide bonds. The zero-order valence-corrected chi connectivity index (χ0v) is 13.2. The second-order valence-corrected chi connectivity index (χ2v) is 7.05. The van der Waals surface area contributed by atoms with E-state index in [4.69, 9.17) is 0 Å². The Bertz CT molecular complexity index is 286. The zero-order chi connectivity index (χ0) is 12.3. The van der Waals surface area contributed by atoms with Gasteiger partial charge in [-0.15, -0.1) is 11.3 Å². The number of rotatable bonds is 10. The van der Waals surface area contributed by atoms with E-state index in [0.717, 1.165) is 13.1 Å². The van der Waals surface area contributed by atoms with Gasteiger partial charge < -0.3 is 5.32 Å². The molecule has 0 aliphatic rings. The number of hydrogen-bond acceptors (Lipinski definition) is 2. The van der Waals surface area contributed by atoms with Crippen LogP contribution in [0.15, 0.2) is 15.9 Å². The van der Waals surface area contributed by atoms with Gasteiger partial charge in [0, 0.05) is 11.4 Å². The van der Waals surface area contributed by atoms with Crippen molar-refractivity contribution in [3.05, 3.63) is 20.8 Å². The monoisotopic (exact) mass is 317 g/mol. The Morgan fingerprint density at radius 2 is 1.76 bits per heavy atom. The van der Waals surface area contributed by atoms with Crippen LogP contribution in [0, 0.1) is 0 Å². The minimum atomic E-state index is 1.02. The Morgan fingerprint density at radius 3 is 2.41 bits per heavy atom. The highest BCUT2D eigenvalue weighted by Crippen LogP contribution is 2.21. The molecule has 1 N–H and O–H groups in total. The molecule has 0 unspecified atom stereocenters. The average Bonchev–Trinajstić information content (AvgIpc) is 2.73. The molecule has 1 rings (SSSR count). The van der Waals surface area contributed by atoms with Crippen LogP contribution in [0.25, 0.3) is 0 Å². The second kappa shape index (κ2) is 10.1. The Balaban J connectivity index is 1.84. The highest BCUT2D eigenvalue weighted by molar-refractivity contribution is 9.11. The standard InChI is InChI=1S/C14H24BrNS/c1-2-3-4-5-6-7-8-11-16-12-13-9-10-14(15)17-13/h9-10,16H,2-8,11-12H2,1H3. The Hall–Kier alpha value is 0.140. The molecule has 98 valence electrons. The molecular weight excluding hydrogens is 294 g/mol. The summed E-state index contributed by atoms with van der Waals surface area (Å²) >= 11 is 5.31. The van der Waals surface area contributed by atoms with Crippen molar-refractivity contribution < 1.29 is 0 Å². The van der Waals surface area contributed by atoms with Crippen LogP contribution < -0.4 is 5.32 Å². The van der Waals surface area contributed by atoms with Crippen molar-refractivity contribution in [3.8, 4) is 0 Å². The first kappa shape index (κ1) is 15.2. The van der Waals surface area contributed by atoms with Gasteiger partial charge in [0.15, 0.2) is 0 Å². The van der Waals surface area contributed by atoms with Crippen LogP contribution in [0.2, 0.25) is 0 Å². The number of nitrogens with one attached hydrogen (secondary N) is 1. The van der Waals surface area contributed by atoms with Crippen molar-refractivity contribution in [1.29, 1.82) is 0 Å². The first-order valence-corrected chi connectivity index (χ1v) is 8.39. The third kappa shape index (κ3) is 7.96. The molecule has 1 heterocycles. The topological polar surface area (TPSA) is 12.0 Å². The van der Waals surface area contributed by atoms with Crippen molar-refractivity contribution in [3.63, 3.8) is 0 Å². The minimum absolute atomic E-state index is 1.02. The van der Waals surface area contributed by atoms with E-state index in [1.165, 1.54) is 53.6 Å². The fourth-order valence-electron chi connectivity index (χ4n) is 1.87. The fraction of sp³-hybridized carbons (Fsp3) is 0.714. The smallest absolute Gasteiger partial charge is 0.0701 e. The van der Waals surface area contributed by atoms with Crippen molar-refractivity contribution in [1.82, 2.24) is 5.32 Å². The molecule has 17 heavy (non-hydrogen) atoms. The molecule has 1 nitrogen and oxygen atoms in total. The zero-order valence-electron chi connectivity index (χ0n) is 10.8. The first-order valence-electron chi connectivity index (χ1n) is 6.78. The second-order valence-electron chi connectivity index (χ2n) is 4.50. The van der Waals surface area contributed by atoms with Gasteiger partial charge in [-0.05, 0) is 41.0 Å². The molecule has 0 aromatic carbocycles. The van der Waals surface area contributed by atoms with Crippen molar-refractivity contribution in [2.45, 2.75) is 58.4 Å². The number of hydrogen-bond donors (Lipinski definition) is 1. The summed E-state index contributed by atoms with van der Waals surface area (Å²) in [6.07, 6.45) is 9.71. The lowest BCUT2D eigenvalue weighted by Crippen LogP contribution is -2.13. The summed E-state index contributed by atoms with van der Waals surface area (Å²) in [7, 11) is 0. The quantitative estimate of drug-likeness (QED) is 0.573. The van der Waals surface area contributed by atoms with Gasteiger partial charge in [-0.1, -0.05) is 45.4 Å². The highest BCUT2D eigenvalue weighted by Gasteiger charge is 1.96. The van der Waals surface area contributed by atoms with E-state index >= 15 is 0 Å². The van der Waals surface area contributed by atoms with Gasteiger partial charge in [-0.2, -0.15) is 0 Å². The molecule has 0 spiro atoms. The molecule has 0 fully saturated rings. The third-order valence-corrected chi connectivity index (χ3v) is 4.51. The maximum Gasteiger partial charge on any atom is 0.0701 e. The molecular formula is C14H24BrNS. The molecule has 0 aliphatic heterocycles. The molecule has 3 heteroatoms. The molecule has 0 radical (unpaired) electrons. The van der Waals surface area contributed by atoms with E-state index < -0.39 is 0 Å². The summed E-state index contributed by atoms with van der Waals surface area (Å²) in [5, 5.41) is 3.51. The van der Waals surface area contributed by atoms with Crippen LogP contribution in [0.5, 0.6) is 0 Å². The summed E-state index contributed by atoms with van der Waals surface area (Å²) in [5.74, 6) is 0. The third-order valence-electron chi connectivity index (χ3n) is 2.89. The van der Waals surface area contributed by atoms with E-state index in [-0.39, 0.29) is 0 Å². The predicted octanol–water partition coefficient (Wildman–Crippen LogP) is 5.35. The number of unbranched alkanes of at least 4 members (excludes halogenated alkanes) is 6. The van der Waals surface area contributed by atoms with Gasteiger partial charge in [-0.3, -0.25) is 0 Å². The van der Waals surface area contributed by atoms with Gasteiger partial charge in [0.1, 0.15) is 0 Å².